The second-order valence-electron chi connectivity index (χ2n) is 5.43. The molecule has 1 aliphatic heterocycles. The van der Waals surface area contributed by atoms with E-state index >= 15 is 0 Å². The Balaban J connectivity index is 1.94. The topological polar surface area (TPSA) is 25.0 Å². The lowest BCUT2D eigenvalue weighted by atomic mass is 9.96. The highest BCUT2D eigenvalue weighted by Crippen LogP contribution is 2.37. The molecule has 1 N–H and O–H groups in total. The van der Waals surface area contributed by atoms with Gasteiger partial charge in [0.25, 0.3) is 0 Å². The molecule has 1 atom stereocenters. The molecule has 2 heteroatoms. The van der Waals surface area contributed by atoms with Crippen LogP contribution in [0.1, 0.15) is 28.5 Å². The maximum atomic E-state index is 6.03. The van der Waals surface area contributed by atoms with Crippen LogP contribution in [-0.2, 0) is 11.2 Å². The van der Waals surface area contributed by atoms with Crippen LogP contribution in [0.5, 0.6) is 0 Å². The Morgan fingerprint density at radius 1 is 1.05 bits per heavy atom. The number of hydrogen-bond acceptors (Lipinski definition) is 1. The van der Waals surface area contributed by atoms with E-state index in [1.165, 1.54) is 33.3 Å². The Hall–Kier alpha value is -2.06. The van der Waals surface area contributed by atoms with Crippen molar-refractivity contribution in [1.82, 2.24) is 4.98 Å². The molecule has 0 radical (unpaired) electrons. The largest absolute Gasteiger partial charge is 0.367 e. The molecule has 1 aliphatic rings. The van der Waals surface area contributed by atoms with Crippen LogP contribution < -0.4 is 0 Å². The second kappa shape index (κ2) is 4.50. The molecule has 2 nitrogen and oxygen atoms in total. The summed E-state index contributed by atoms with van der Waals surface area (Å²) in [6, 6.07) is 16.9. The third-order valence-corrected chi connectivity index (χ3v) is 4.17. The number of aryl methyl sites for hydroxylation is 1. The molecule has 100 valence electrons. The lowest BCUT2D eigenvalue weighted by Crippen LogP contribution is -2.16. The van der Waals surface area contributed by atoms with E-state index in [1.807, 2.05) is 6.07 Å². The lowest BCUT2D eigenvalue weighted by Gasteiger charge is -2.24. The number of hydrogen-bond donors (Lipinski definition) is 1. The highest BCUT2D eigenvalue weighted by Gasteiger charge is 2.26. The first-order valence-corrected chi connectivity index (χ1v) is 7.11. The normalized spacial score (nSPS) is 18.1. The molecule has 0 saturated heterocycles. The van der Waals surface area contributed by atoms with E-state index in [-0.39, 0.29) is 6.10 Å². The van der Waals surface area contributed by atoms with Crippen LogP contribution in [0.15, 0.2) is 48.5 Å². The average Bonchev–Trinajstić information content (AvgIpc) is 2.88. The van der Waals surface area contributed by atoms with Gasteiger partial charge in [-0.2, -0.15) is 0 Å². The zero-order valence-corrected chi connectivity index (χ0v) is 11.5. The number of fused-ring (bicyclic) bond motifs is 3. The van der Waals surface area contributed by atoms with Crippen LogP contribution in [0.25, 0.3) is 10.9 Å². The summed E-state index contributed by atoms with van der Waals surface area (Å²) in [6.45, 7) is 2.97. The summed E-state index contributed by atoms with van der Waals surface area (Å²) in [7, 11) is 0. The van der Waals surface area contributed by atoms with Gasteiger partial charge in [0, 0.05) is 10.9 Å². The van der Waals surface area contributed by atoms with Gasteiger partial charge in [-0.15, -0.1) is 0 Å². The fourth-order valence-corrected chi connectivity index (χ4v) is 3.26. The molecular weight excluding hydrogens is 246 g/mol. The number of benzene rings is 2. The standard InChI is InChI=1S/C18H17NO/c1-12-6-5-9-15-16(12)14-10-11-20-18(17(14)19-15)13-7-3-2-4-8-13/h2-9,18-19H,10-11H2,1H3/t18-/m1/s1. The van der Waals surface area contributed by atoms with Crippen molar-refractivity contribution in [3.05, 3.63) is 70.9 Å². The zero-order valence-electron chi connectivity index (χ0n) is 11.5. The van der Waals surface area contributed by atoms with Crippen molar-refractivity contribution < 1.29 is 4.74 Å². The van der Waals surface area contributed by atoms with Crippen molar-refractivity contribution >= 4 is 10.9 Å². The lowest BCUT2D eigenvalue weighted by molar-refractivity contribution is 0.0677. The summed E-state index contributed by atoms with van der Waals surface area (Å²) < 4.78 is 6.03. The minimum absolute atomic E-state index is 0.0340. The first-order valence-electron chi connectivity index (χ1n) is 7.11. The maximum absolute atomic E-state index is 6.03. The van der Waals surface area contributed by atoms with Gasteiger partial charge in [-0.05, 0) is 36.1 Å². The highest BCUT2D eigenvalue weighted by atomic mass is 16.5. The summed E-state index contributed by atoms with van der Waals surface area (Å²) in [5.41, 5.74) is 6.44. The van der Waals surface area contributed by atoms with Crippen LogP contribution in [0.4, 0.5) is 0 Å². The predicted octanol–water partition coefficient (Wildman–Crippen LogP) is 4.14. The molecule has 20 heavy (non-hydrogen) atoms. The van der Waals surface area contributed by atoms with Crippen molar-refractivity contribution in [2.24, 2.45) is 0 Å². The molecular formula is C18H17NO. The van der Waals surface area contributed by atoms with Crippen molar-refractivity contribution in [2.45, 2.75) is 19.4 Å². The van der Waals surface area contributed by atoms with Crippen molar-refractivity contribution in [2.75, 3.05) is 6.61 Å². The van der Waals surface area contributed by atoms with Crippen molar-refractivity contribution in [1.29, 1.82) is 0 Å². The van der Waals surface area contributed by atoms with Gasteiger partial charge in [-0.3, -0.25) is 0 Å². The minimum atomic E-state index is 0.0340. The van der Waals surface area contributed by atoms with Gasteiger partial charge in [0.2, 0.25) is 0 Å². The SMILES string of the molecule is Cc1cccc2[nH]c3c(c12)CCO[C@@H]3c1ccccc1. The number of aromatic amines is 1. The Kier molecular flexibility index (Phi) is 2.64. The van der Waals surface area contributed by atoms with Gasteiger partial charge in [-0.25, -0.2) is 0 Å². The highest BCUT2D eigenvalue weighted by molar-refractivity contribution is 5.88. The van der Waals surface area contributed by atoms with E-state index < -0.39 is 0 Å². The molecule has 0 saturated carbocycles. The van der Waals surface area contributed by atoms with E-state index in [1.54, 1.807) is 0 Å². The Labute approximate surface area is 118 Å². The van der Waals surface area contributed by atoms with Crippen molar-refractivity contribution in [3.63, 3.8) is 0 Å². The maximum Gasteiger partial charge on any atom is 0.123 e. The monoisotopic (exact) mass is 263 g/mol. The Morgan fingerprint density at radius 2 is 1.90 bits per heavy atom. The van der Waals surface area contributed by atoms with Gasteiger partial charge in [0.05, 0.1) is 12.3 Å². The number of H-pyrrole nitrogens is 1. The van der Waals surface area contributed by atoms with E-state index in [2.05, 4.69) is 54.4 Å². The van der Waals surface area contributed by atoms with Gasteiger partial charge in [0.15, 0.2) is 0 Å². The first-order chi connectivity index (χ1) is 9.84. The van der Waals surface area contributed by atoms with E-state index in [0.29, 0.717) is 0 Å². The zero-order chi connectivity index (χ0) is 13.5. The second-order valence-corrected chi connectivity index (χ2v) is 5.43. The molecule has 1 aromatic heterocycles. The fourth-order valence-electron chi connectivity index (χ4n) is 3.26. The number of rotatable bonds is 1. The smallest absolute Gasteiger partial charge is 0.123 e. The van der Waals surface area contributed by atoms with Crippen LogP contribution in [0.3, 0.4) is 0 Å². The van der Waals surface area contributed by atoms with Gasteiger partial charge in [-0.1, -0.05) is 42.5 Å². The molecule has 2 heterocycles. The van der Waals surface area contributed by atoms with E-state index in [0.717, 1.165) is 13.0 Å². The fraction of sp³-hybridized carbons (Fsp3) is 0.222. The Bertz CT molecular complexity index is 758. The molecule has 2 aromatic carbocycles. The predicted molar refractivity (Wildman–Crippen MR) is 81.0 cm³/mol. The third kappa shape index (κ3) is 1.69. The van der Waals surface area contributed by atoms with Gasteiger partial charge in [0.1, 0.15) is 6.10 Å². The summed E-state index contributed by atoms with van der Waals surface area (Å²) in [5, 5.41) is 1.38. The Morgan fingerprint density at radius 3 is 2.75 bits per heavy atom. The molecule has 0 amide bonds. The number of nitrogens with one attached hydrogen (secondary N) is 1. The summed E-state index contributed by atoms with van der Waals surface area (Å²) in [4.78, 5) is 3.58. The molecule has 0 bridgehead atoms. The van der Waals surface area contributed by atoms with Gasteiger partial charge >= 0.3 is 0 Å². The summed E-state index contributed by atoms with van der Waals surface area (Å²) >= 11 is 0. The molecule has 0 unspecified atom stereocenters. The quantitative estimate of drug-likeness (QED) is 0.701. The average molecular weight is 263 g/mol. The summed E-state index contributed by atoms with van der Waals surface area (Å²) in [5.74, 6) is 0. The third-order valence-electron chi connectivity index (χ3n) is 4.17. The molecule has 0 aliphatic carbocycles. The minimum Gasteiger partial charge on any atom is -0.367 e. The number of aromatic nitrogens is 1. The van der Waals surface area contributed by atoms with Crippen LogP contribution >= 0.6 is 0 Å². The molecule has 0 fully saturated rings. The van der Waals surface area contributed by atoms with E-state index in [9.17, 15) is 0 Å². The van der Waals surface area contributed by atoms with Gasteiger partial charge < -0.3 is 9.72 Å². The van der Waals surface area contributed by atoms with Crippen molar-refractivity contribution in [3.8, 4) is 0 Å². The van der Waals surface area contributed by atoms with E-state index in [4.69, 9.17) is 4.74 Å². The molecule has 3 aromatic rings. The molecule has 0 spiro atoms. The molecule has 4 rings (SSSR count). The first kappa shape index (κ1) is 11.7. The van der Waals surface area contributed by atoms with Crippen LogP contribution in [-0.4, -0.2) is 11.6 Å². The number of ether oxygens (including phenoxy) is 1. The van der Waals surface area contributed by atoms with Crippen LogP contribution in [0, 0.1) is 6.92 Å². The summed E-state index contributed by atoms with van der Waals surface area (Å²) in [6.07, 6.45) is 1.02. The van der Waals surface area contributed by atoms with Crippen LogP contribution in [0.2, 0.25) is 0 Å².